The Morgan fingerprint density at radius 3 is 2.59 bits per heavy atom. The number of thiazole rings is 1. The molecule has 1 atom stereocenters. The molecular weight excluding hydrogens is 234 g/mol. The van der Waals surface area contributed by atoms with Gasteiger partial charge in [-0.25, -0.2) is 4.98 Å². The van der Waals surface area contributed by atoms with Crippen LogP contribution in [0, 0.1) is 13.8 Å². The van der Waals surface area contributed by atoms with Crippen LogP contribution in [0.4, 0.5) is 0 Å². The second-order valence-corrected chi connectivity index (χ2v) is 5.41. The Bertz CT molecular complexity index is 348. The lowest BCUT2D eigenvalue weighted by atomic mass is 10.1. The number of rotatable bonds is 7. The third-order valence-electron chi connectivity index (χ3n) is 2.68. The minimum atomic E-state index is -0.255. The fourth-order valence-corrected chi connectivity index (χ4v) is 2.62. The summed E-state index contributed by atoms with van der Waals surface area (Å²) in [6, 6.07) is 0. The van der Waals surface area contributed by atoms with Gasteiger partial charge in [-0.1, -0.05) is 13.3 Å². The number of aryl methyl sites for hydroxylation is 2. The molecule has 0 bridgehead atoms. The smallest absolute Gasteiger partial charge is 0.168 e. The third kappa shape index (κ3) is 4.21. The summed E-state index contributed by atoms with van der Waals surface area (Å²) in [6.07, 6.45) is 1.92. The second-order valence-electron chi connectivity index (χ2n) is 4.12. The average Bonchev–Trinajstić information content (AvgIpc) is 2.57. The van der Waals surface area contributed by atoms with E-state index in [1.807, 2.05) is 20.8 Å². The molecule has 3 nitrogen and oxygen atoms in total. The molecule has 0 spiro atoms. The predicted molar refractivity (Wildman–Crippen MR) is 70.6 cm³/mol. The normalized spacial score (nSPS) is 12.7. The fourth-order valence-electron chi connectivity index (χ4n) is 1.68. The van der Waals surface area contributed by atoms with Crippen LogP contribution >= 0.6 is 11.3 Å². The molecular formula is C13H21NO2S. The van der Waals surface area contributed by atoms with Gasteiger partial charge in [0.25, 0.3) is 0 Å². The van der Waals surface area contributed by atoms with Crippen molar-refractivity contribution < 1.29 is 9.53 Å². The van der Waals surface area contributed by atoms with E-state index < -0.39 is 0 Å². The maximum Gasteiger partial charge on any atom is 0.168 e. The van der Waals surface area contributed by atoms with Crippen molar-refractivity contribution >= 4 is 17.1 Å². The first-order chi connectivity index (χ1) is 8.08. The SMILES string of the molecule is CCCC(OCC)C(=O)Cc1nc(C)c(C)s1. The Kier molecular flexibility index (Phi) is 5.78. The van der Waals surface area contributed by atoms with Gasteiger partial charge in [-0.2, -0.15) is 0 Å². The number of aromatic nitrogens is 1. The Labute approximate surface area is 107 Å². The van der Waals surface area contributed by atoms with Gasteiger partial charge < -0.3 is 4.74 Å². The van der Waals surface area contributed by atoms with Crippen LogP contribution in [0.5, 0.6) is 0 Å². The highest BCUT2D eigenvalue weighted by Crippen LogP contribution is 2.18. The molecule has 0 amide bonds. The van der Waals surface area contributed by atoms with Crippen molar-refractivity contribution in [2.45, 2.75) is 53.1 Å². The van der Waals surface area contributed by atoms with Crippen LogP contribution in [-0.4, -0.2) is 23.5 Å². The van der Waals surface area contributed by atoms with Crippen molar-refractivity contribution in [2.24, 2.45) is 0 Å². The first-order valence-corrected chi connectivity index (χ1v) is 6.97. The number of ketones is 1. The zero-order valence-corrected chi connectivity index (χ0v) is 11.9. The van der Waals surface area contributed by atoms with Crippen LogP contribution in [0.15, 0.2) is 0 Å². The molecule has 1 unspecified atom stereocenters. The van der Waals surface area contributed by atoms with Crippen molar-refractivity contribution in [3.05, 3.63) is 15.6 Å². The third-order valence-corrected chi connectivity index (χ3v) is 3.75. The number of hydrogen-bond donors (Lipinski definition) is 0. The van der Waals surface area contributed by atoms with Crippen molar-refractivity contribution in [3.63, 3.8) is 0 Å². The highest BCUT2D eigenvalue weighted by molar-refractivity contribution is 7.11. The molecule has 1 aromatic heterocycles. The molecule has 1 aromatic rings. The number of hydrogen-bond acceptors (Lipinski definition) is 4. The molecule has 1 rings (SSSR count). The molecule has 0 fully saturated rings. The minimum Gasteiger partial charge on any atom is -0.371 e. The number of nitrogens with zero attached hydrogens (tertiary/aromatic N) is 1. The standard InChI is InChI=1S/C13H21NO2S/c1-5-7-12(16-6-2)11(15)8-13-14-9(3)10(4)17-13/h12H,5-8H2,1-4H3. The largest absolute Gasteiger partial charge is 0.371 e. The Balaban J connectivity index is 2.62. The van der Waals surface area contributed by atoms with E-state index in [1.165, 1.54) is 4.88 Å². The molecule has 0 aliphatic rings. The fraction of sp³-hybridized carbons (Fsp3) is 0.692. The minimum absolute atomic E-state index is 0.155. The lowest BCUT2D eigenvalue weighted by Crippen LogP contribution is -2.25. The monoisotopic (exact) mass is 255 g/mol. The first-order valence-electron chi connectivity index (χ1n) is 6.15. The summed E-state index contributed by atoms with van der Waals surface area (Å²) >= 11 is 1.61. The van der Waals surface area contributed by atoms with Gasteiger partial charge in [0, 0.05) is 11.5 Å². The molecule has 0 aliphatic heterocycles. The van der Waals surface area contributed by atoms with Crippen molar-refractivity contribution in [1.82, 2.24) is 4.98 Å². The second kappa shape index (κ2) is 6.87. The van der Waals surface area contributed by atoms with Gasteiger partial charge in [0.1, 0.15) is 11.1 Å². The van der Waals surface area contributed by atoms with Gasteiger partial charge in [-0.05, 0) is 27.2 Å². The van der Waals surface area contributed by atoms with E-state index >= 15 is 0 Å². The van der Waals surface area contributed by atoms with E-state index in [0.29, 0.717) is 13.0 Å². The van der Waals surface area contributed by atoms with Gasteiger partial charge in [-0.15, -0.1) is 11.3 Å². The maximum absolute atomic E-state index is 12.1. The van der Waals surface area contributed by atoms with Crippen LogP contribution < -0.4 is 0 Å². The summed E-state index contributed by atoms with van der Waals surface area (Å²) in [7, 11) is 0. The quantitative estimate of drug-likeness (QED) is 0.751. The van der Waals surface area contributed by atoms with E-state index in [9.17, 15) is 4.79 Å². The van der Waals surface area contributed by atoms with E-state index in [1.54, 1.807) is 11.3 Å². The van der Waals surface area contributed by atoms with Gasteiger partial charge >= 0.3 is 0 Å². The Morgan fingerprint density at radius 1 is 1.41 bits per heavy atom. The molecule has 4 heteroatoms. The zero-order chi connectivity index (χ0) is 12.8. The topological polar surface area (TPSA) is 39.2 Å². The molecule has 0 N–H and O–H groups in total. The van der Waals surface area contributed by atoms with Gasteiger partial charge in [0.15, 0.2) is 5.78 Å². The summed E-state index contributed by atoms with van der Waals surface area (Å²) in [5.41, 5.74) is 1.03. The number of ether oxygens (including phenoxy) is 1. The summed E-state index contributed by atoms with van der Waals surface area (Å²) < 4.78 is 5.48. The molecule has 0 saturated heterocycles. The molecule has 1 heterocycles. The molecule has 96 valence electrons. The number of carbonyl (C=O) groups is 1. The van der Waals surface area contributed by atoms with Crippen molar-refractivity contribution in [3.8, 4) is 0 Å². The van der Waals surface area contributed by atoms with Crippen LogP contribution in [0.1, 0.15) is 42.3 Å². The average molecular weight is 255 g/mol. The van der Waals surface area contributed by atoms with Crippen molar-refractivity contribution in [1.29, 1.82) is 0 Å². The van der Waals surface area contributed by atoms with Gasteiger partial charge in [0.2, 0.25) is 0 Å². The summed E-state index contributed by atoms with van der Waals surface area (Å²) in [6.45, 7) is 8.59. The number of Topliss-reactive ketones (excluding diaryl/α,β-unsaturated/α-hetero) is 1. The highest BCUT2D eigenvalue weighted by Gasteiger charge is 2.19. The van der Waals surface area contributed by atoms with Crippen LogP contribution in [0.3, 0.4) is 0 Å². The Hall–Kier alpha value is -0.740. The van der Waals surface area contributed by atoms with Crippen LogP contribution in [0.25, 0.3) is 0 Å². The molecule has 0 aromatic carbocycles. The summed E-state index contributed by atoms with van der Waals surface area (Å²) in [5.74, 6) is 0.155. The zero-order valence-electron chi connectivity index (χ0n) is 11.1. The van der Waals surface area contributed by atoms with E-state index in [4.69, 9.17) is 4.74 Å². The van der Waals surface area contributed by atoms with E-state index in [-0.39, 0.29) is 11.9 Å². The number of carbonyl (C=O) groups excluding carboxylic acids is 1. The first kappa shape index (κ1) is 14.3. The van der Waals surface area contributed by atoms with E-state index in [0.717, 1.165) is 23.5 Å². The molecule has 0 radical (unpaired) electrons. The summed E-state index contributed by atoms with van der Waals surface area (Å²) in [5, 5.41) is 0.908. The van der Waals surface area contributed by atoms with Gasteiger partial charge in [-0.3, -0.25) is 4.79 Å². The van der Waals surface area contributed by atoms with Gasteiger partial charge in [0.05, 0.1) is 12.1 Å². The lowest BCUT2D eigenvalue weighted by molar-refractivity contribution is -0.130. The molecule has 17 heavy (non-hydrogen) atoms. The maximum atomic E-state index is 12.1. The molecule has 0 saturated carbocycles. The van der Waals surface area contributed by atoms with Crippen molar-refractivity contribution in [2.75, 3.05) is 6.61 Å². The summed E-state index contributed by atoms with van der Waals surface area (Å²) in [4.78, 5) is 17.6. The lowest BCUT2D eigenvalue weighted by Gasteiger charge is -2.13. The van der Waals surface area contributed by atoms with E-state index in [2.05, 4.69) is 11.9 Å². The van der Waals surface area contributed by atoms with Crippen LogP contribution in [-0.2, 0) is 16.0 Å². The molecule has 0 aliphatic carbocycles. The van der Waals surface area contributed by atoms with Crippen LogP contribution in [0.2, 0.25) is 0 Å². The highest BCUT2D eigenvalue weighted by atomic mass is 32.1. The Morgan fingerprint density at radius 2 is 2.12 bits per heavy atom. The predicted octanol–water partition coefficient (Wildman–Crippen LogP) is 3.08.